The number of nitrogens with zero attached hydrogens (tertiary/aromatic N) is 2. The second-order valence-corrected chi connectivity index (χ2v) is 8.36. The Labute approximate surface area is 180 Å². The fourth-order valence-corrected chi connectivity index (χ4v) is 5.29. The number of guanidine groups is 1. The molecule has 0 radical (unpaired) electrons. The molecule has 2 aliphatic rings. The van der Waals surface area contributed by atoms with Crippen molar-refractivity contribution in [3.05, 3.63) is 23.8 Å². The van der Waals surface area contributed by atoms with Gasteiger partial charge in [-0.15, -0.1) is 0 Å². The molecule has 1 atom stereocenters. The van der Waals surface area contributed by atoms with Gasteiger partial charge in [-0.25, -0.2) is 0 Å². The second kappa shape index (κ2) is 11.0. The molecular formula is C20H30F2N4O3S. The lowest BCUT2D eigenvalue weighted by Crippen LogP contribution is -2.60. The number of hydrogen-bond acceptors (Lipinski definition) is 6. The number of morpholine rings is 1. The molecule has 1 aromatic carbocycles. The fourth-order valence-electron chi connectivity index (χ4n) is 3.81. The van der Waals surface area contributed by atoms with Gasteiger partial charge in [0.2, 0.25) is 0 Å². The van der Waals surface area contributed by atoms with Crippen molar-refractivity contribution in [3.63, 3.8) is 0 Å². The van der Waals surface area contributed by atoms with Gasteiger partial charge in [0.1, 0.15) is 11.5 Å². The van der Waals surface area contributed by atoms with Crippen LogP contribution in [0.5, 0.6) is 11.5 Å². The number of halogens is 2. The van der Waals surface area contributed by atoms with Crippen LogP contribution in [0.2, 0.25) is 0 Å². The Morgan fingerprint density at radius 3 is 2.77 bits per heavy atom. The molecular weight excluding hydrogens is 414 g/mol. The van der Waals surface area contributed by atoms with Crippen LogP contribution in [0.4, 0.5) is 8.78 Å². The molecule has 3 rings (SSSR count). The van der Waals surface area contributed by atoms with Gasteiger partial charge in [0.15, 0.2) is 5.96 Å². The maximum absolute atomic E-state index is 12.7. The van der Waals surface area contributed by atoms with Crippen LogP contribution in [0.15, 0.2) is 23.2 Å². The van der Waals surface area contributed by atoms with Crippen molar-refractivity contribution in [1.29, 1.82) is 0 Å². The summed E-state index contributed by atoms with van der Waals surface area (Å²) in [5, 5.41) is 6.63. The molecule has 2 heterocycles. The maximum Gasteiger partial charge on any atom is 0.387 e. The summed E-state index contributed by atoms with van der Waals surface area (Å²) in [6.45, 7) is 1.56. The average molecular weight is 445 g/mol. The summed E-state index contributed by atoms with van der Waals surface area (Å²) >= 11 is 1.97. The molecule has 7 nitrogen and oxygen atoms in total. The Morgan fingerprint density at radius 2 is 2.13 bits per heavy atom. The molecule has 0 aliphatic carbocycles. The Morgan fingerprint density at radius 1 is 1.33 bits per heavy atom. The summed E-state index contributed by atoms with van der Waals surface area (Å²) in [6, 6.07) is 4.76. The highest BCUT2D eigenvalue weighted by Gasteiger charge is 2.40. The van der Waals surface area contributed by atoms with E-state index in [4.69, 9.17) is 9.47 Å². The molecule has 0 spiro atoms. The topological polar surface area (TPSA) is 67.4 Å². The third kappa shape index (κ3) is 5.89. The highest BCUT2D eigenvalue weighted by molar-refractivity contribution is 7.99. The first kappa shape index (κ1) is 22.9. The van der Waals surface area contributed by atoms with Crippen LogP contribution < -0.4 is 20.1 Å². The van der Waals surface area contributed by atoms with Crippen molar-refractivity contribution >= 4 is 17.7 Å². The van der Waals surface area contributed by atoms with Gasteiger partial charge in [-0.1, -0.05) is 0 Å². The summed E-state index contributed by atoms with van der Waals surface area (Å²) in [5.74, 6) is 3.52. The molecule has 10 heteroatoms. The van der Waals surface area contributed by atoms with Gasteiger partial charge in [-0.05, 0) is 30.4 Å². The van der Waals surface area contributed by atoms with Crippen molar-refractivity contribution < 1.29 is 23.0 Å². The number of ether oxygens (including phenoxy) is 3. The van der Waals surface area contributed by atoms with E-state index in [1.54, 1.807) is 19.2 Å². The minimum atomic E-state index is -2.89. The highest BCUT2D eigenvalue weighted by Crippen LogP contribution is 2.33. The zero-order valence-corrected chi connectivity index (χ0v) is 18.3. The fraction of sp³-hybridized carbons (Fsp3) is 0.650. The van der Waals surface area contributed by atoms with E-state index in [2.05, 4.69) is 25.3 Å². The van der Waals surface area contributed by atoms with E-state index >= 15 is 0 Å². The number of nitrogens with one attached hydrogen (secondary N) is 2. The monoisotopic (exact) mass is 444 g/mol. The lowest BCUT2D eigenvalue weighted by molar-refractivity contribution is -0.0505. The highest BCUT2D eigenvalue weighted by atomic mass is 32.2. The number of thioether (sulfide) groups is 1. The normalized spacial score (nSPS) is 22.9. The molecule has 0 amide bonds. The van der Waals surface area contributed by atoms with E-state index < -0.39 is 6.61 Å². The van der Waals surface area contributed by atoms with Crippen molar-refractivity contribution in [1.82, 2.24) is 15.5 Å². The minimum Gasteiger partial charge on any atom is -0.497 e. The van der Waals surface area contributed by atoms with Crippen molar-refractivity contribution in [2.24, 2.45) is 4.99 Å². The van der Waals surface area contributed by atoms with Crippen LogP contribution >= 0.6 is 11.8 Å². The molecule has 0 bridgehead atoms. The first-order chi connectivity index (χ1) is 14.6. The lowest BCUT2D eigenvalue weighted by atomic mass is 9.95. The molecule has 168 valence electrons. The van der Waals surface area contributed by atoms with E-state index in [-0.39, 0.29) is 17.8 Å². The molecule has 0 aromatic heterocycles. The third-order valence-corrected chi connectivity index (χ3v) is 6.74. The molecule has 1 unspecified atom stereocenters. The van der Waals surface area contributed by atoms with Gasteiger partial charge in [-0.3, -0.25) is 9.89 Å². The third-order valence-electron chi connectivity index (χ3n) is 5.50. The molecule has 1 aromatic rings. The predicted molar refractivity (Wildman–Crippen MR) is 115 cm³/mol. The zero-order chi connectivity index (χ0) is 21.4. The van der Waals surface area contributed by atoms with Gasteiger partial charge >= 0.3 is 6.61 Å². The van der Waals surface area contributed by atoms with Gasteiger partial charge in [0.05, 0.1) is 20.3 Å². The molecule has 2 N–H and O–H groups in total. The van der Waals surface area contributed by atoms with E-state index in [0.717, 1.165) is 50.8 Å². The summed E-state index contributed by atoms with van der Waals surface area (Å²) in [7, 11) is 3.23. The zero-order valence-electron chi connectivity index (χ0n) is 17.5. The van der Waals surface area contributed by atoms with E-state index in [1.165, 1.54) is 13.2 Å². The lowest BCUT2D eigenvalue weighted by Gasteiger charge is -2.43. The van der Waals surface area contributed by atoms with E-state index in [9.17, 15) is 8.78 Å². The number of methoxy groups -OCH3 is 1. The molecule has 30 heavy (non-hydrogen) atoms. The quantitative estimate of drug-likeness (QED) is 0.471. The second-order valence-electron chi connectivity index (χ2n) is 7.26. The summed E-state index contributed by atoms with van der Waals surface area (Å²) < 4.78 is 40.8. The average Bonchev–Trinajstić information content (AvgIpc) is 3.25. The Hall–Kier alpha value is -1.78. The van der Waals surface area contributed by atoms with Crippen LogP contribution in [-0.4, -0.2) is 81.5 Å². The smallest absolute Gasteiger partial charge is 0.387 e. The number of alkyl halides is 2. The summed E-state index contributed by atoms with van der Waals surface area (Å²) in [4.78, 5) is 6.82. The van der Waals surface area contributed by atoms with E-state index in [1.807, 2.05) is 11.8 Å². The first-order valence-electron chi connectivity index (χ1n) is 10.0. The van der Waals surface area contributed by atoms with Crippen molar-refractivity contribution in [2.75, 3.05) is 58.5 Å². The Bertz CT molecular complexity index is 711. The van der Waals surface area contributed by atoms with Gasteiger partial charge in [0.25, 0.3) is 0 Å². The van der Waals surface area contributed by atoms with Crippen LogP contribution in [-0.2, 0) is 11.3 Å². The van der Waals surface area contributed by atoms with Crippen LogP contribution in [0, 0.1) is 0 Å². The van der Waals surface area contributed by atoms with Gasteiger partial charge < -0.3 is 24.8 Å². The number of benzene rings is 1. The molecule has 2 saturated heterocycles. The first-order valence-corrected chi connectivity index (χ1v) is 11.2. The van der Waals surface area contributed by atoms with Crippen molar-refractivity contribution in [2.45, 2.75) is 25.1 Å². The summed E-state index contributed by atoms with van der Waals surface area (Å²) in [6.07, 6.45) is 1.12. The van der Waals surface area contributed by atoms with Crippen LogP contribution in [0.1, 0.15) is 12.0 Å². The largest absolute Gasteiger partial charge is 0.497 e. The molecule has 0 saturated carbocycles. The standard InChI is InChI=1S/C20H30F2N4O3S/c1-23-19(24-12-15-11-16(27-2)3-4-17(15)29-18(21)22)25-13-20(5-10-30-14-20)26-6-8-28-9-7-26/h3-4,11,18H,5-10,12-14H2,1-2H3,(H2,23,24,25). The predicted octanol–water partition coefficient (Wildman–Crippen LogP) is 2.17. The van der Waals surface area contributed by atoms with Crippen LogP contribution in [0.25, 0.3) is 0 Å². The van der Waals surface area contributed by atoms with Crippen LogP contribution in [0.3, 0.4) is 0 Å². The minimum absolute atomic E-state index is 0.0754. The summed E-state index contributed by atoms with van der Waals surface area (Å²) in [5.41, 5.74) is 0.642. The number of hydrogen-bond donors (Lipinski definition) is 2. The van der Waals surface area contributed by atoms with Gasteiger partial charge in [-0.2, -0.15) is 20.5 Å². The van der Waals surface area contributed by atoms with Crippen molar-refractivity contribution in [3.8, 4) is 11.5 Å². The number of rotatable bonds is 8. The Balaban J connectivity index is 1.62. The Kier molecular flexibility index (Phi) is 8.41. The van der Waals surface area contributed by atoms with E-state index in [0.29, 0.717) is 17.3 Å². The number of aliphatic imine (C=N–C) groups is 1. The molecule has 2 aliphatic heterocycles. The maximum atomic E-state index is 12.7. The molecule has 2 fully saturated rings. The van der Waals surface area contributed by atoms with Gasteiger partial charge in [0, 0.05) is 50.1 Å². The SMILES string of the molecule is CN=C(NCc1cc(OC)ccc1OC(F)F)NCC1(N2CCOCC2)CCSC1.